The SMILES string of the molecule is Cc1nnc(SC(C(=O)Nc2cccc(C(F)(F)F)c2)c2ccccc2)s1. The van der Waals surface area contributed by atoms with E-state index in [2.05, 4.69) is 15.5 Å². The van der Waals surface area contributed by atoms with Gasteiger partial charge in [0, 0.05) is 5.69 Å². The van der Waals surface area contributed by atoms with Gasteiger partial charge in [0.05, 0.1) is 5.56 Å². The highest BCUT2D eigenvalue weighted by atomic mass is 32.2. The third kappa shape index (κ3) is 5.08. The lowest BCUT2D eigenvalue weighted by Crippen LogP contribution is -2.19. The van der Waals surface area contributed by atoms with Crippen molar-refractivity contribution < 1.29 is 18.0 Å². The summed E-state index contributed by atoms with van der Waals surface area (Å²) in [7, 11) is 0. The number of halogens is 3. The molecule has 3 aromatic rings. The van der Waals surface area contributed by atoms with Gasteiger partial charge in [-0.05, 0) is 30.7 Å². The van der Waals surface area contributed by atoms with E-state index in [1.54, 1.807) is 24.3 Å². The fourth-order valence-corrected chi connectivity index (χ4v) is 4.32. The lowest BCUT2D eigenvalue weighted by atomic mass is 10.1. The van der Waals surface area contributed by atoms with E-state index < -0.39 is 22.9 Å². The van der Waals surface area contributed by atoms with Crippen molar-refractivity contribution >= 4 is 34.7 Å². The monoisotopic (exact) mass is 409 g/mol. The molecule has 3 rings (SSSR count). The molecule has 0 saturated carbocycles. The van der Waals surface area contributed by atoms with Crippen LogP contribution in [0.15, 0.2) is 58.9 Å². The van der Waals surface area contributed by atoms with Crippen LogP contribution in [-0.2, 0) is 11.0 Å². The summed E-state index contributed by atoms with van der Waals surface area (Å²) in [5.74, 6) is -0.432. The van der Waals surface area contributed by atoms with Gasteiger partial charge in [-0.3, -0.25) is 4.79 Å². The topological polar surface area (TPSA) is 54.9 Å². The van der Waals surface area contributed by atoms with Crippen LogP contribution in [-0.4, -0.2) is 16.1 Å². The Labute approximate surface area is 161 Å². The van der Waals surface area contributed by atoms with Crippen LogP contribution in [0.3, 0.4) is 0 Å². The molecule has 1 N–H and O–H groups in total. The zero-order chi connectivity index (χ0) is 19.4. The van der Waals surface area contributed by atoms with E-state index in [1.165, 1.54) is 35.2 Å². The van der Waals surface area contributed by atoms with E-state index >= 15 is 0 Å². The number of thioether (sulfide) groups is 1. The first-order chi connectivity index (χ1) is 12.8. The van der Waals surface area contributed by atoms with Gasteiger partial charge in [0.15, 0.2) is 4.34 Å². The van der Waals surface area contributed by atoms with Gasteiger partial charge in [-0.25, -0.2) is 0 Å². The second kappa shape index (κ2) is 8.10. The molecule has 1 atom stereocenters. The Balaban J connectivity index is 1.85. The Hall–Kier alpha value is -2.39. The maximum Gasteiger partial charge on any atom is 0.416 e. The number of amides is 1. The number of rotatable bonds is 5. The van der Waals surface area contributed by atoms with Crippen molar-refractivity contribution in [2.24, 2.45) is 0 Å². The summed E-state index contributed by atoms with van der Waals surface area (Å²) in [6.45, 7) is 1.81. The van der Waals surface area contributed by atoms with E-state index in [-0.39, 0.29) is 5.69 Å². The van der Waals surface area contributed by atoms with Crippen LogP contribution in [0.25, 0.3) is 0 Å². The zero-order valence-corrected chi connectivity index (χ0v) is 15.7. The number of hydrogen-bond acceptors (Lipinski definition) is 5. The minimum atomic E-state index is -4.47. The number of aryl methyl sites for hydroxylation is 1. The van der Waals surface area contributed by atoms with Gasteiger partial charge in [-0.2, -0.15) is 13.2 Å². The predicted octanol–water partition coefficient (Wildman–Crippen LogP) is 5.34. The smallest absolute Gasteiger partial charge is 0.325 e. The molecule has 27 heavy (non-hydrogen) atoms. The number of anilines is 1. The summed E-state index contributed by atoms with van der Waals surface area (Å²) in [5, 5.41) is 10.6. The van der Waals surface area contributed by atoms with Gasteiger partial charge in [0.25, 0.3) is 0 Å². The standard InChI is InChI=1S/C18H14F3N3OS2/c1-11-23-24-17(26-11)27-15(12-6-3-2-4-7-12)16(25)22-14-9-5-8-13(10-14)18(19,20)21/h2-10,15H,1H3,(H,22,25). The molecule has 2 aromatic carbocycles. The molecule has 0 bridgehead atoms. The highest BCUT2D eigenvalue weighted by Gasteiger charge is 2.31. The zero-order valence-electron chi connectivity index (χ0n) is 14.0. The van der Waals surface area contributed by atoms with Gasteiger partial charge in [0.1, 0.15) is 10.3 Å². The largest absolute Gasteiger partial charge is 0.416 e. The molecule has 0 saturated heterocycles. The van der Waals surface area contributed by atoms with E-state index in [1.807, 2.05) is 13.0 Å². The maximum absolute atomic E-state index is 12.9. The first-order valence-electron chi connectivity index (χ1n) is 7.83. The van der Waals surface area contributed by atoms with Crippen molar-refractivity contribution in [1.82, 2.24) is 10.2 Å². The number of nitrogens with zero attached hydrogens (tertiary/aromatic N) is 2. The molecule has 9 heteroatoms. The molecule has 0 aliphatic carbocycles. The minimum absolute atomic E-state index is 0.0878. The number of aromatic nitrogens is 2. The van der Waals surface area contributed by atoms with E-state index in [4.69, 9.17) is 0 Å². The Morgan fingerprint density at radius 2 is 1.85 bits per heavy atom. The average Bonchev–Trinajstić information content (AvgIpc) is 3.05. The van der Waals surface area contributed by atoms with Crippen molar-refractivity contribution in [3.8, 4) is 0 Å². The third-order valence-electron chi connectivity index (χ3n) is 3.52. The summed E-state index contributed by atoms with van der Waals surface area (Å²) in [5.41, 5.74) is -0.00593. The quantitative estimate of drug-likeness (QED) is 0.578. The van der Waals surface area contributed by atoms with Crippen molar-refractivity contribution in [2.45, 2.75) is 22.7 Å². The predicted molar refractivity (Wildman–Crippen MR) is 99.8 cm³/mol. The first kappa shape index (κ1) is 19.4. The van der Waals surface area contributed by atoms with Gasteiger partial charge >= 0.3 is 6.18 Å². The van der Waals surface area contributed by atoms with Gasteiger partial charge in [-0.1, -0.05) is 59.5 Å². The van der Waals surface area contributed by atoms with Gasteiger partial charge < -0.3 is 5.32 Å². The molecule has 0 fully saturated rings. The Kier molecular flexibility index (Phi) is 5.81. The van der Waals surface area contributed by atoms with Crippen molar-refractivity contribution in [2.75, 3.05) is 5.32 Å². The third-order valence-corrected chi connectivity index (χ3v) is 5.70. The number of hydrogen-bond donors (Lipinski definition) is 1. The normalized spacial score (nSPS) is 12.6. The van der Waals surface area contributed by atoms with Gasteiger partial charge in [-0.15, -0.1) is 10.2 Å². The molecule has 4 nitrogen and oxygen atoms in total. The molecule has 1 aromatic heterocycles. The average molecular weight is 409 g/mol. The lowest BCUT2D eigenvalue weighted by Gasteiger charge is -2.16. The lowest BCUT2D eigenvalue weighted by molar-refractivity contribution is -0.137. The van der Waals surface area contributed by atoms with E-state index in [9.17, 15) is 18.0 Å². The maximum atomic E-state index is 12.9. The van der Waals surface area contributed by atoms with Crippen molar-refractivity contribution in [1.29, 1.82) is 0 Å². The number of nitrogens with one attached hydrogen (secondary N) is 1. The number of alkyl halides is 3. The van der Waals surface area contributed by atoms with Crippen molar-refractivity contribution in [3.63, 3.8) is 0 Å². The fraction of sp³-hybridized carbons (Fsp3) is 0.167. The highest BCUT2D eigenvalue weighted by Crippen LogP contribution is 2.38. The van der Waals surface area contributed by atoms with Crippen LogP contribution >= 0.6 is 23.1 Å². The van der Waals surface area contributed by atoms with Crippen LogP contribution in [0.2, 0.25) is 0 Å². The summed E-state index contributed by atoms with van der Waals surface area (Å²) in [6.07, 6.45) is -4.47. The van der Waals surface area contributed by atoms with E-state index in [0.717, 1.165) is 22.7 Å². The van der Waals surface area contributed by atoms with Crippen LogP contribution in [0.5, 0.6) is 0 Å². The molecule has 0 radical (unpaired) electrons. The van der Waals surface area contributed by atoms with Crippen molar-refractivity contribution in [3.05, 3.63) is 70.7 Å². The molecule has 140 valence electrons. The van der Waals surface area contributed by atoms with Crippen LogP contribution < -0.4 is 5.32 Å². The number of carbonyl (C=O) groups excluding carboxylic acids is 1. The summed E-state index contributed by atoms with van der Waals surface area (Å²) in [6, 6.07) is 13.6. The minimum Gasteiger partial charge on any atom is -0.325 e. The second-order valence-corrected chi connectivity index (χ2v) is 8.10. The molecule has 1 amide bonds. The fourth-order valence-electron chi connectivity index (χ4n) is 2.31. The van der Waals surface area contributed by atoms with Gasteiger partial charge in [0.2, 0.25) is 5.91 Å². The number of carbonyl (C=O) groups is 1. The number of benzene rings is 2. The second-order valence-electron chi connectivity index (χ2n) is 5.56. The summed E-state index contributed by atoms with van der Waals surface area (Å²) >= 11 is 2.56. The van der Waals surface area contributed by atoms with Crippen LogP contribution in [0.1, 0.15) is 21.4 Å². The molecular formula is C18H14F3N3OS2. The molecule has 0 aliphatic rings. The molecule has 1 heterocycles. The molecule has 1 unspecified atom stereocenters. The molecular weight excluding hydrogens is 395 g/mol. The highest BCUT2D eigenvalue weighted by molar-refractivity contribution is 8.01. The van der Waals surface area contributed by atoms with Crippen LogP contribution in [0.4, 0.5) is 18.9 Å². The summed E-state index contributed by atoms with van der Waals surface area (Å²) < 4.78 is 39.3. The first-order valence-corrected chi connectivity index (χ1v) is 9.52. The van der Waals surface area contributed by atoms with E-state index in [0.29, 0.717) is 4.34 Å². The Morgan fingerprint density at radius 3 is 2.48 bits per heavy atom. The molecule has 0 spiro atoms. The Bertz CT molecular complexity index is 929. The van der Waals surface area contributed by atoms with Crippen LogP contribution in [0, 0.1) is 6.92 Å². The molecule has 0 aliphatic heterocycles. The Morgan fingerprint density at radius 1 is 1.11 bits per heavy atom. The summed E-state index contributed by atoms with van der Waals surface area (Å²) in [4.78, 5) is 12.8.